The summed E-state index contributed by atoms with van der Waals surface area (Å²) in [5.74, 6) is 0.614. The average Bonchev–Trinajstić information content (AvgIpc) is 2.77. The van der Waals surface area contributed by atoms with E-state index in [1.165, 1.54) is 0 Å². The zero-order valence-electron chi connectivity index (χ0n) is 12.1. The molecule has 2 rings (SSSR count). The Morgan fingerprint density at radius 3 is 2.68 bits per heavy atom. The van der Waals surface area contributed by atoms with Crippen LogP contribution < -0.4 is 5.32 Å². The van der Waals surface area contributed by atoms with Crippen molar-refractivity contribution in [3.63, 3.8) is 0 Å². The van der Waals surface area contributed by atoms with Crippen LogP contribution in [0.5, 0.6) is 0 Å². The number of sulfonamides is 1. The van der Waals surface area contributed by atoms with Gasteiger partial charge in [-0.2, -0.15) is 4.31 Å². The van der Waals surface area contributed by atoms with Crippen molar-refractivity contribution in [1.82, 2.24) is 14.5 Å². The molecular formula is C13H27N3O2S. The lowest BCUT2D eigenvalue weighted by Crippen LogP contribution is -2.45. The van der Waals surface area contributed by atoms with E-state index in [9.17, 15) is 8.42 Å². The molecule has 1 N–H and O–H groups in total. The minimum atomic E-state index is -3.09. The molecule has 5 nitrogen and oxygen atoms in total. The Kier molecular flexibility index (Phi) is 5.22. The molecule has 0 amide bonds. The van der Waals surface area contributed by atoms with Gasteiger partial charge in [0.05, 0.1) is 5.75 Å². The molecule has 0 aromatic heterocycles. The van der Waals surface area contributed by atoms with Gasteiger partial charge in [-0.3, -0.25) is 0 Å². The molecule has 2 saturated heterocycles. The van der Waals surface area contributed by atoms with E-state index >= 15 is 0 Å². The summed E-state index contributed by atoms with van der Waals surface area (Å²) in [5, 5.41) is 3.30. The van der Waals surface area contributed by atoms with Crippen LogP contribution in [0.1, 0.15) is 25.7 Å². The first-order valence-corrected chi connectivity index (χ1v) is 8.95. The highest BCUT2D eigenvalue weighted by Crippen LogP contribution is 2.24. The minimum absolute atomic E-state index is 0.177. The Balaban J connectivity index is 1.97. The standard InChI is InChI=1S/C13H27N3O2S/c1-15(2)10-13-6-4-8-16(13)19(17,18)11-12-5-3-7-14-9-12/h12-14H,3-11H2,1-2H3. The molecule has 2 aliphatic rings. The topological polar surface area (TPSA) is 52.7 Å². The van der Waals surface area contributed by atoms with Crippen LogP contribution >= 0.6 is 0 Å². The first-order chi connectivity index (χ1) is 8.99. The van der Waals surface area contributed by atoms with Gasteiger partial charge in [0, 0.05) is 19.1 Å². The average molecular weight is 289 g/mol. The summed E-state index contributed by atoms with van der Waals surface area (Å²) in [4.78, 5) is 2.08. The number of rotatable bonds is 5. The molecule has 2 heterocycles. The zero-order valence-corrected chi connectivity index (χ0v) is 13.0. The highest BCUT2D eigenvalue weighted by molar-refractivity contribution is 7.89. The molecule has 112 valence electrons. The van der Waals surface area contributed by atoms with Gasteiger partial charge in [-0.1, -0.05) is 0 Å². The van der Waals surface area contributed by atoms with E-state index in [4.69, 9.17) is 0 Å². The van der Waals surface area contributed by atoms with Crippen molar-refractivity contribution in [2.24, 2.45) is 5.92 Å². The number of hydrogen-bond donors (Lipinski definition) is 1. The van der Waals surface area contributed by atoms with Crippen molar-refractivity contribution in [3.8, 4) is 0 Å². The second-order valence-corrected chi connectivity index (χ2v) is 8.13. The van der Waals surface area contributed by atoms with E-state index in [1.807, 2.05) is 14.1 Å². The van der Waals surface area contributed by atoms with E-state index in [1.54, 1.807) is 4.31 Å². The second kappa shape index (κ2) is 6.52. The summed E-state index contributed by atoms with van der Waals surface area (Å²) >= 11 is 0. The number of piperidine rings is 1. The lowest BCUT2D eigenvalue weighted by molar-refractivity contribution is 0.288. The molecule has 6 heteroatoms. The SMILES string of the molecule is CN(C)CC1CCCN1S(=O)(=O)CC1CCCNC1. The van der Waals surface area contributed by atoms with Crippen molar-refractivity contribution in [1.29, 1.82) is 0 Å². The third-order valence-corrected chi connectivity index (χ3v) is 6.19. The maximum atomic E-state index is 12.6. The van der Waals surface area contributed by atoms with Crippen LogP contribution in [0.25, 0.3) is 0 Å². The van der Waals surface area contributed by atoms with Gasteiger partial charge in [-0.15, -0.1) is 0 Å². The second-order valence-electron chi connectivity index (χ2n) is 6.16. The Hall–Kier alpha value is -0.170. The number of hydrogen-bond acceptors (Lipinski definition) is 4. The van der Waals surface area contributed by atoms with Crippen LogP contribution in [-0.4, -0.2) is 69.7 Å². The minimum Gasteiger partial charge on any atom is -0.316 e. The number of nitrogens with zero attached hydrogens (tertiary/aromatic N) is 2. The van der Waals surface area contributed by atoms with Gasteiger partial charge >= 0.3 is 0 Å². The maximum absolute atomic E-state index is 12.6. The van der Waals surface area contributed by atoms with Crippen LogP contribution in [0.3, 0.4) is 0 Å². The summed E-state index contributed by atoms with van der Waals surface area (Å²) in [7, 11) is 0.928. The molecular weight excluding hydrogens is 262 g/mol. The van der Waals surface area contributed by atoms with Gasteiger partial charge in [-0.05, 0) is 58.8 Å². The summed E-state index contributed by atoms with van der Waals surface area (Å²) in [5.41, 5.74) is 0. The van der Waals surface area contributed by atoms with Crippen LogP contribution in [0.4, 0.5) is 0 Å². The van der Waals surface area contributed by atoms with Crippen molar-refractivity contribution in [2.75, 3.05) is 46.0 Å². The molecule has 2 unspecified atom stereocenters. The van der Waals surface area contributed by atoms with Crippen molar-refractivity contribution in [3.05, 3.63) is 0 Å². The molecule has 2 fully saturated rings. The Bertz CT molecular complexity index is 377. The summed E-state index contributed by atoms with van der Waals surface area (Å²) in [6, 6.07) is 0.177. The van der Waals surface area contributed by atoms with E-state index in [0.717, 1.165) is 45.3 Å². The highest BCUT2D eigenvalue weighted by Gasteiger charge is 2.35. The third-order valence-electron chi connectivity index (χ3n) is 4.10. The highest BCUT2D eigenvalue weighted by atomic mass is 32.2. The molecule has 0 spiro atoms. The van der Waals surface area contributed by atoms with Crippen molar-refractivity contribution < 1.29 is 8.42 Å². The van der Waals surface area contributed by atoms with Gasteiger partial charge in [0.2, 0.25) is 10.0 Å². The number of nitrogens with one attached hydrogen (secondary N) is 1. The Labute approximate surface area is 117 Å². The lowest BCUT2D eigenvalue weighted by atomic mass is 10.0. The first-order valence-electron chi connectivity index (χ1n) is 7.34. The van der Waals surface area contributed by atoms with Gasteiger partial charge in [0.1, 0.15) is 0 Å². The van der Waals surface area contributed by atoms with Crippen LogP contribution in [0.2, 0.25) is 0 Å². The monoisotopic (exact) mass is 289 g/mol. The quantitative estimate of drug-likeness (QED) is 0.793. The molecule has 0 aromatic rings. The van der Waals surface area contributed by atoms with Crippen LogP contribution in [0, 0.1) is 5.92 Å². The Morgan fingerprint density at radius 2 is 2.05 bits per heavy atom. The molecule has 0 bridgehead atoms. The van der Waals surface area contributed by atoms with E-state index in [-0.39, 0.29) is 6.04 Å². The van der Waals surface area contributed by atoms with E-state index in [0.29, 0.717) is 18.2 Å². The van der Waals surface area contributed by atoms with E-state index in [2.05, 4.69) is 10.2 Å². The van der Waals surface area contributed by atoms with Gasteiger partial charge in [0.25, 0.3) is 0 Å². The summed E-state index contributed by atoms with van der Waals surface area (Å²) in [6.07, 6.45) is 4.14. The zero-order chi connectivity index (χ0) is 13.9. The lowest BCUT2D eigenvalue weighted by Gasteiger charge is -2.29. The summed E-state index contributed by atoms with van der Waals surface area (Å²) < 4.78 is 26.9. The third kappa shape index (κ3) is 4.15. The molecule has 0 aliphatic carbocycles. The predicted molar refractivity (Wildman–Crippen MR) is 77.7 cm³/mol. The molecule has 0 aromatic carbocycles. The Morgan fingerprint density at radius 1 is 1.26 bits per heavy atom. The van der Waals surface area contributed by atoms with Gasteiger partial charge in [0.15, 0.2) is 0 Å². The maximum Gasteiger partial charge on any atom is 0.214 e. The smallest absolute Gasteiger partial charge is 0.214 e. The fourth-order valence-corrected chi connectivity index (χ4v) is 5.34. The molecule has 2 atom stereocenters. The van der Waals surface area contributed by atoms with Crippen LogP contribution in [-0.2, 0) is 10.0 Å². The molecule has 19 heavy (non-hydrogen) atoms. The normalized spacial score (nSPS) is 30.1. The molecule has 0 saturated carbocycles. The van der Waals surface area contributed by atoms with E-state index < -0.39 is 10.0 Å². The number of likely N-dealkylation sites (N-methyl/N-ethyl adjacent to an activating group) is 1. The van der Waals surface area contributed by atoms with Crippen LogP contribution in [0.15, 0.2) is 0 Å². The van der Waals surface area contributed by atoms with Gasteiger partial charge in [-0.25, -0.2) is 8.42 Å². The molecule has 2 aliphatic heterocycles. The fourth-order valence-electron chi connectivity index (χ4n) is 3.24. The molecule has 0 radical (unpaired) electrons. The van der Waals surface area contributed by atoms with Crippen molar-refractivity contribution in [2.45, 2.75) is 31.7 Å². The first kappa shape index (κ1) is 15.2. The summed E-state index contributed by atoms with van der Waals surface area (Å²) in [6.45, 7) is 3.43. The largest absolute Gasteiger partial charge is 0.316 e. The van der Waals surface area contributed by atoms with Gasteiger partial charge < -0.3 is 10.2 Å². The fraction of sp³-hybridized carbons (Fsp3) is 1.00. The predicted octanol–water partition coefficient (Wildman–Crippen LogP) is 0.342. The van der Waals surface area contributed by atoms with Crippen molar-refractivity contribution >= 4 is 10.0 Å².